The molecule has 0 unspecified atom stereocenters. The highest BCUT2D eigenvalue weighted by atomic mass is 16.5. The Morgan fingerprint density at radius 2 is 2.00 bits per heavy atom. The fourth-order valence-electron chi connectivity index (χ4n) is 1.52. The van der Waals surface area contributed by atoms with E-state index in [1.54, 1.807) is 7.11 Å². The third-order valence-electron chi connectivity index (χ3n) is 2.48. The number of benzene rings is 1. The molecule has 0 heterocycles. The van der Waals surface area contributed by atoms with Gasteiger partial charge in [0.1, 0.15) is 0 Å². The lowest BCUT2D eigenvalue weighted by atomic mass is 10.1. The SMILES string of the molecule is COCCCCNc1cc(C)ccc1C. The van der Waals surface area contributed by atoms with E-state index in [9.17, 15) is 0 Å². The van der Waals surface area contributed by atoms with Crippen LogP contribution in [0, 0.1) is 13.8 Å². The summed E-state index contributed by atoms with van der Waals surface area (Å²) >= 11 is 0. The van der Waals surface area contributed by atoms with Crippen molar-refractivity contribution < 1.29 is 4.74 Å². The number of rotatable bonds is 6. The summed E-state index contributed by atoms with van der Waals surface area (Å²) in [7, 11) is 1.75. The molecule has 0 aliphatic heterocycles. The van der Waals surface area contributed by atoms with Gasteiger partial charge in [0.2, 0.25) is 0 Å². The van der Waals surface area contributed by atoms with Gasteiger partial charge in [-0.25, -0.2) is 0 Å². The van der Waals surface area contributed by atoms with E-state index < -0.39 is 0 Å². The number of hydrogen-bond acceptors (Lipinski definition) is 2. The van der Waals surface area contributed by atoms with Gasteiger partial charge in [0, 0.05) is 25.9 Å². The van der Waals surface area contributed by atoms with Crippen LogP contribution in [0.15, 0.2) is 18.2 Å². The van der Waals surface area contributed by atoms with Crippen molar-refractivity contribution in [3.05, 3.63) is 29.3 Å². The lowest BCUT2D eigenvalue weighted by Crippen LogP contribution is -2.04. The van der Waals surface area contributed by atoms with Crippen LogP contribution in [0.1, 0.15) is 24.0 Å². The van der Waals surface area contributed by atoms with Crippen LogP contribution < -0.4 is 5.32 Å². The van der Waals surface area contributed by atoms with Gasteiger partial charge < -0.3 is 10.1 Å². The molecule has 1 aromatic carbocycles. The van der Waals surface area contributed by atoms with E-state index in [1.165, 1.54) is 16.8 Å². The van der Waals surface area contributed by atoms with Crippen molar-refractivity contribution in [2.75, 3.05) is 25.6 Å². The van der Waals surface area contributed by atoms with Crippen molar-refractivity contribution in [2.24, 2.45) is 0 Å². The van der Waals surface area contributed by atoms with Gasteiger partial charge in [-0.2, -0.15) is 0 Å². The first-order valence-electron chi connectivity index (χ1n) is 5.54. The fraction of sp³-hybridized carbons (Fsp3) is 0.538. The molecule has 84 valence electrons. The van der Waals surface area contributed by atoms with Crippen molar-refractivity contribution in [3.8, 4) is 0 Å². The zero-order valence-corrected chi connectivity index (χ0v) is 9.97. The lowest BCUT2D eigenvalue weighted by molar-refractivity contribution is 0.194. The zero-order valence-electron chi connectivity index (χ0n) is 9.97. The van der Waals surface area contributed by atoms with Crippen molar-refractivity contribution >= 4 is 5.69 Å². The first kappa shape index (κ1) is 12.1. The van der Waals surface area contributed by atoms with Crippen molar-refractivity contribution in [1.82, 2.24) is 0 Å². The Morgan fingerprint density at radius 1 is 1.20 bits per heavy atom. The number of methoxy groups -OCH3 is 1. The maximum Gasteiger partial charge on any atom is 0.0462 e. The first-order valence-corrected chi connectivity index (χ1v) is 5.54. The Hall–Kier alpha value is -1.02. The van der Waals surface area contributed by atoms with Gasteiger partial charge in [0.25, 0.3) is 0 Å². The molecule has 0 aromatic heterocycles. The molecule has 0 radical (unpaired) electrons. The Labute approximate surface area is 92.6 Å². The van der Waals surface area contributed by atoms with Crippen LogP contribution in [0.5, 0.6) is 0 Å². The largest absolute Gasteiger partial charge is 0.385 e. The number of ether oxygens (including phenoxy) is 1. The Bertz CT molecular complexity index is 297. The van der Waals surface area contributed by atoms with E-state index in [0.717, 1.165) is 26.0 Å². The summed E-state index contributed by atoms with van der Waals surface area (Å²) in [6, 6.07) is 6.50. The van der Waals surface area contributed by atoms with E-state index >= 15 is 0 Å². The quantitative estimate of drug-likeness (QED) is 0.724. The van der Waals surface area contributed by atoms with E-state index in [4.69, 9.17) is 4.74 Å². The molecule has 0 bridgehead atoms. The van der Waals surface area contributed by atoms with Gasteiger partial charge in [0.15, 0.2) is 0 Å². The number of hydrogen-bond donors (Lipinski definition) is 1. The van der Waals surface area contributed by atoms with Crippen LogP contribution in [-0.2, 0) is 4.74 Å². The molecule has 0 saturated heterocycles. The molecule has 15 heavy (non-hydrogen) atoms. The van der Waals surface area contributed by atoms with Crippen LogP contribution in [0.3, 0.4) is 0 Å². The number of unbranched alkanes of at least 4 members (excludes halogenated alkanes) is 1. The Morgan fingerprint density at radius 3 is 2.73 bits per heavy atom. The molecule has 1 aromatic rings. The minimum atomic E-state index is 0.856. The molecule has 0 fully saturated rings. The molecule has 0 spiro atoms. The van der Waals surface area contributed by atoms with Crippen LogP contribution in [-0.4, -0.2) is 20.3 Å². The maximum absolute atomic E-state index is 5.01. The van der Waals surface area contributed by atoms with Crippen molar-refractivity contribution in [2.45, 2.75) is 26.7 Å². The van der Waals surface area contributed by atoms with Crippen LogP contribution in [0.4, 0.5) is 5.69 Å². The zero-order chi connectivity index (χ0) is 11.1. The molecule has 2 heteroatoms. The van der Waals surface area contributed by atoms with Crippen molar-refractivity contribution in [3.63, 3.8) is 0 Å². The smallest absolute Gasteiger partial charge is 0.0462 e. The number of nitrogens with one attached hydrogen (secondary N) is 1. The summed E-state index contributed by atoms with van der Waals surface area (Å²) in [6.07, 6.45) is 2.27. The third-order valence-corrected chi connectivity index (χ3v) is 2.48. The highest BCUT2D eigenvalue weighted by molar-refractivity contribution is 5.52. The minimum Gasteiger partial charge on any atom is -0.385 e. The second-order valence-electron chi connectivity index (χ2n) is 3.95. The summed E-state index contributed by atoms with van der Waals surface area (Å²) in [5.74, 6) is 0. The number of aryl methyl sites for hydroxylation is 2. The molecular formula is C13H21NO. The van der Waals surface area contributed by atoms with Crippen molar-refractivity contribution in [1.29, 1.82) is 0 Å². The molecule has 2 nitrogen and oxygen atoms in total. The first-order chi connectivity index (χ1) is 7.24. The lowest BCUT2D eigenvalue weighted by Gasteiger charge is -2.10. The maximum atomic E-state index is 5.01. The minimum absolute atomic E-state index is 0.856. The Kier molecular flexibility index (Phi) is 5.19. The second kappa shape index (κ2) is 6.46. The van der Waals surface area contributed by atoms with Gasteiger partial charge in [-0.15, -0.1) is 0 Å². The van der Waals surface area contributed by atoms with Gasteiger partial charge in [-0.3, -0.25) is 0 Å². The van der Waals surface area contributed by atoms with Gasteiger partial charge in [0.05, 0.1) is 0 Å². The fourth-order valence-corrected chi connectivity index (χ4v) is 1.52. The summed E-state index contributed by atoms with van der Waals surface area (Å²) < 4.78 is 5.01. The topological polar surface area (TPSA) is 21.3 Å². The second-order valence-corrected chi connectivity index (χ2v) is 3.95. The summed E-state index contributed by atoms with van der Waals surface area (Å²) in [5, 5.41) is 3.46. The summed E-state index contributed by atoms with van der Waals surface area (Å²) in [5.41, 5.74) is 3.87. The van der Waals surface area contributed by atoms with E-state index in [2.05, 4.69) is 37.4 Å². The van der Waals surface area contributed by atoms with Gasteiger partial charge in [-0.1, -0.05) is 12.1 Å². The number of anilines is 1. The molecule has 0 amide bonds. The van der Waals surface area contributed by atoms with Crippen LogP contribution >= 0.6 is 0 Å². The third kappa shape index (κ3) is 4.34. The molecule has 0 aliphatic carbocycles. The monoisotopic (exact) mass is 207 g/mol. The van der Waals surface area contributed by atoms with Crippen LogP contribution in [0.25, 0.3) is 0 Å². The molecule has 0 atom stereocenters. The average Bonchev–Trinajstić information content (AvgIpc) is 2.23. The highest BCUT2D eigenvalue weighted by Crippen LogP contribution is 2.16. The predicted molar refractivity (Wildman–Crippen MR) is 65.5 cm³/mol. The van der Waals surface area contributed by atoms with E-state index in [-0.39, 0.29) is 0 Å². The van der Waals surface area contributed by atoms with Gasteiger partial charge >= 0.3 is 0 Å². The van der Waals surface area contributed by atoms with Gasteiger partial charge in [-0.05, 0) is 43.9 Å². The molecule has 1 rings (SSSR count). The normalized spacial score (nSPS) is 10.3. The molecule has 0 saturated carbocycles. The average molecular weight is 207 g/mol. The van der Waals surface area contributed by atoms with E-state index in [0.29, 0.717) is 0 Å². The molecule has 0 aliphatic rings. The Balaban J connectivity index is 2.33. The van der Waals surface area contributed by atoms with Crippen LogP contribution in [0.2, 0.25) is 0 Å². The summed E-state index contributed by atoms with van der Waals surface area (Å²) in [6.45, 7) is 6.13. The molecular weight excluding hydrogens is 186 g/mol. The van der Waals surface area contributed by atoms with E-state index in [1.807, 2.05) is 0 Å². The predicted octanol–water partition coefficient (Wildman–Crippen LogP) is 3.14. The summed E-state index contributed by atoms with van der Waals surface area (Å²) in [4.78, 5) is 0. The highest BCUT2D eigenvalue weighted by Gasteiger charge is 1.97. The molecule has 1 N–H and O–H groups in total. The standard InChI is InChI=1S/C13H21NO/c1-11-6-7-12(2)13(10-11)14-8-4-5-9-15-3/h6-7,10,14H,4-5,8-9H2,1-3H3.